The minimum atomic E-state index is -0.144. The number of hydroxylamine groups is 2. The second kappa shape index (κ2) is 7.19. The summed E-state index contributed by atoms with van der Waals surface area (Å²) in [6.45, 7) is 0.301. The average Bonchev–Trinajstić information content (AvgIpc) is 2.42. The standard InChI is InChI=1S/C15H23N3O3/c1-16(2)14(19)12-7-11(10-21-18(5)6)8-13(9-12)15(20)17(3)4/h7-9H,10H2,1-6H3. The monoisotopic (exact) mass is 293 g/mol. The summed E-state index contributed by atoms with van der Waals surface area (Å²) in [5.74, 6) is -0.288. The Kier molecular flexibility index (Phi) is 5.87. The Morgan fingerprint density at radius 2 is 1.29 bits per heavy atom. The van der Waals surface area contributed by atoms with E-state index in [1.807, 2.05) is 0 Å². The lowest BCUT2D eigenvalue weighted by atomic mass is 10.0. The van der Waals surface area contributed by atoms with Crippen molar-refractivity contribution in [2.45, 2.75) is 6.61 Å². The van der Waals surface area contributed by atoms with E-state index in [4.69, 9.17) is 4.84 Å². The Bertz CT molecular complexity index is 487. The summed E-state index contributed by atoms with van der Waals surface area (Å²) in [6, 6.07) is 5.11. The van der Waals surface area contributed by atoms with E-state index >= 15 is 0 Å². The predicted molar refractivity (Wildman–Crippen MR) is 81.0 cm³/mol. The Hall–Kier alpha value is -1.92. The first-order valence-electron chi connectivity index (χ1n) is 6.60. The van der Waals surface area contributed by atoms with Crippen molar-refractivity contribution in [2.24, 2.45) is 0 Å². The number of amides is 2. The molecule has 1 aromatic carbocycles. The van der Waals surface area contributed by atoms with Gasteiger partial charge in [-0.2, -0.15) is 5.06 Å². The van der Waals surface area contributed by atoms with Crippen LogP contribution in [-0.2, 0) is 11.4 Å². The third kappa shape index (κ3) is 4.84. The molecule has 0 aliphatic heterocycles. The molecule has 21 heavy (non-hydrogen) atoms. The van der Waals surface area contributed by atoms with Gasteiger partial charge in [0.15, 0.2) is 0 Å². The molecule has 0 saturated heterocycles. The van der Waals surface area contributed by atoms with Crippen molar-refractivity contribution in [1.82, 2.24) is 14.9 Å². The van der Waals surface area contributed by atoms with Gasteiger partial charge in [-0.1, -0.05) is 0 Å². The van der Waals surface area contributed by atoms with Crippen LogP contribution >= 0.6 is 0 Å². The second-order valence-corrected chi connectivity index (χ2v) is 5.40. The van der Waals surface area contributed by atoms with E-state index in [0.29, 0.717) is 17.7 Å². The molecule has 6 heteroatoms. The van der Waals surface area contributed by atoms with Crippen LogP contribution in [0.15, 0.2) is 18.2 Å². The van der Waals surface area contributed by atoms with Crippen molar-refractivity contribution >= 4 is 11.8 Å². The van der Waals surface area contributed by atoms with Crippen LogP contribution in [0.2, 0.25) is 0 Å². The molecule has 0 spiro atoms. The molecule has 0 aliphatic carbocycles. The number of hydrogen-bond acceptors (Lipinski definition) is 4. The fourth-order valence-electron chi connectivity index (χ4n) is 1.74. The Morgan fingerprint density at radius 1 is 0.857 bits per heavy atom. The second-order valence-electron chi connectivity index (χ2n) is 5.40. The molecule has 0 bridgehead atoms. The van der Waals surface area contributed by atoms with Crippen LogP contribution in [0.1, 0.15) is 26.3 Å². The Balaban J connectivity index is 3.19. The molecule has 1 rings (SSSR count). The van der Waals surface area contributed by atoms with Crippen LogP contribution in [0.5, 0.6) is 0 Å². The minimum Gasteiger partial charge on any atom is -0.345 e. The zero-order chi connectivity index (χ0) is 16.2. The topological polar surface area (TPSA) is 53.1 Å². The van der Waals surface area contributed by atoms with Crippen molar-refractivity contribution in [3.05, 3.63) is 34.9 Å². The van der Waals surface area contributed by atoms with Crippen molar-refractivity contribution in [3.8, 4) is 0 Å². The van der Waals surface area contributed by atoms with Crippen LogP contribution in [0, 0.1) is 0 Å². The molecule has 0 atom stereocenters. The van der Waals surface area contributed by atoms with Gasteiger partial charge in [-0.3, -0.25) is 14.4 Å². The summed E-state index contributed by atoms with van der Waals surface area (Å²) < 4.78 is 0. The quantitative estimate of drug-likeness (QED) is 0.763. The third-order valence-electron chi connectivity index (χ3n) is 2.79. The summed E-state index contributed by atoms with van der Waals surface area (Å²) in [5, 5.41) is 1.58. The van der Waals surface area contributed by atoms with Gasteiger partial charge in [0.1, 0.15) is 0 Å². The summed E-state index contributed by atoms with van der Waals surface area (Å²) in [6.07, 6.45) is 0. The molecule has 0 saturated carbocycles. The largest absolute Gasteiger partial charge is 0.345 e. The number of rotatable bonds is 5. The van der Waals surface area contributed by atoms with Crippen molar-refractivity contribution in [2.75, 3.05) is 42.3 Å². The molecular formula is C15H23N3O3. The van der Waals surface area contributed by atoms with Crippen molar-refractivity contribution in [1.29, 1.82) is 0 Å². The fraction of sp³-hybridized carbons (Fsp3) is 0.467. The van der Waals surface area contributed by atoms with E-state index in [-0.39, 0.29) is 11.8 Å². The first-order chi connectivity index (χ1) is 9.72. The van der Waals surface area contributed by atoms with Crippen LogP contribution in [-0.4, -0.2) is 69.0 Å². The van der Waals surface area contributed by atoms with Gasteiger partial charge >= 0.3 is 0 Å². The van der Waals surface area contributed by atoms with Crippen LogP contribution in [0.25, 0.3) is 0 Å². The Morgan fingerprint density at radius 3 is 1.62 bits per heavy atom. The van der Waals surface area contributed by atoms with Crippen LogP contribution < -0.4 is 0 Å². The van der Waals surface area contributed by atoms with E-state index < -0.39 is 0 Å². The van der Waals surface area contributed by atoms with E-state index in [2.05, 4.69) is 0 Å². The number of benzene rings is 1. The fourth-order valence-corrected chi connectivity index (χ4v) is 1.74. The molecule has 0 fully saturated rings. The molecule has 0 unspecified atom stereocenters. The normalized spacial score (nSPS) is 10.6. The zero-order valence-corrected chi connectivity index (χ0v) is 13.5. The van der Waals surface area contributed by atoms with Gasteiger partial charge in [0.25, 0.3) is 11.8 Å². The molecule has 116 valence electrons. The molecule has 0 heterocycles. The van der Waals surface area contributed by atoms with E-state index in [1.54, 1.807) is 65.5 Å². The number of carbonyl (C=O) groups excluding carboxylic acids is 2. The highest BCUT2D eigenvalue weighted by Gasteiger charge is 2.15. The third-order valence-corrected chi connectivity index (χ3v) is 2.79. The Labute approximate surface area is 125 Å². The van der Waals surface area contributed by atoms with Gasteiger partial charge in [0.05, 0.1) is 6.61 Å². The number of nitrogens with zero attached hydrogens (tertiary/aromatic N) is 3. The van der Waals surface area contributed by atoms with Gasteiger partial charge in [-0.25, -0.2) is 0 Å². The SMILES string of the molecule is CN(C)OCc1cc(C(=O)N(C)C)cc(C(=O)N(C)C)c1. The lowest BCUT2D eigenvalue weighted by Crippen LogP contribution is -2.25. The molecule has 6 nitrogen and oxygen atoms in total. The van der Waals surface area contributed by atoms with Gasteiger partial charge in [-0.15, -0.1) is 0 Å². The van der Waals surface area contributed by atoms with Crippen molar-refractivity contribution < 1.29 is 14.4 Å². The molecule has 0 N–H and O–H groups in total. The van der Waals surface area contributed by atoms with Gasteiger partial charge < -0.3 is 9.80 Å². The highest BCUT2D eigenvalue weighted by Crippen LogP contribution is 2.15. The van der Waals surface area contributed by atoms with E-state index in [1.165, 1.54) is 9.80 Å². The van der Waals surface area contributed by atoms with E-state index in [0.717, 1.165) is 5.56 Å². The maximum atomic E-state index is 12.1. The maximum absolute atomic E-state index is 12.1. The highest BCUT2D eigenvalue weighted by atomic mass is 16.7. The molecule has 1 aromatic rings. The lowest BCUT2D eigenvalue weighted by molar-refractivity contribution is -0.130. The van der Waals surface area contributed by atoms with Gasteiger partial charge in [0.2, 0.25) is 0 Å². The summed E-state index contributed by atoms with van der Waals surface area (Å²) in [5.41, 5.74) is 1.73. The number of hydrogen-bond donors (Lipinski definition) is 0. The van der Waals surface area contributed by atoms with E-state index in [9.17, 15) is 9.59 Å². The molecule has 0 aliphatic rings. The first-order valence-corrected chi connectivity index (χ1v) is 6.60. The maximum Gasteiger partial charge on any atom is 0.253 e. The molecule has 0 radical (unpaired) electrons. The highest BCUT2D eigenvalue weighted by molar-refractivity contribution is 5.99. The summed E-state index contributed by atoms with van der Waals surface area (Å²) in [4.78, 5) is 32.6. The molecular weight excluding hydrogens is 270 g/mol. The number of carbonyl (C=O) groups is 2. The van der Waals surface area contributed by atoms with Gasteiger partial charge in [0, 0.05) is 53.4 Å². The van der Waals surface area contributed by atoms with Crippen LogP contribution in [0.4, 0.5) is 0 Å². The smallest absolute Gasteiger partial charge is 0.253 e. The molecule has 0 aromatic heterocycles. The van der Waals surface area contributed by atoms with Crippen molar-refractivity contribution in [3.63, 3.8) is 0 Å². The molecule has 2 amide bonds. The average molecular weight is 293 g/mol. The van der Waals surface area contributed by atoms with Gasteiger partial charge in [-0.05, 0) is 23.8 Å². The first kappa shape index (κ1) is 17.1. The minimum absolute atomic E-state index is 0.144. The lowest BCUT2D eigenvalue weighted by Gasteiger charge is -2.16. The zero-order valence-electron chi connectivity index (χ0n) is 13.5. The summed E-state index contributed by atoms with van der Waals surface area (Å²) in [7, 11) is 10.3. The predicted octanol–water partition coefficient (Wildman–Crippen LogP) is 1.08. The summed E-state index contributed by atoms with van der Waals surface area (Å²) >= 11 is 0. The van der Waals surface area contributed by atoms with Crippen LogP contribution in [0.3, 0.4) is 0 Å².